The lowest BCUT2D eigenvalue weighted by Crippen LogP contribution is -2.43. The fourth-order valence-corrected chi connectivity index (χ4v) is 5.13. The van der Waals surface area contributed by atoms with Crippen molar-refractivity contribution in [2.24, 2.45) is 5.92 Å². The molecule has 1 atom stereocenters. The van der Waals surface area contributed by atoms with E-state index in [0.29, 0.717) is 30.6 Å². The fourth-order valence-electron chi connectivity index (χ4n) is 3.61. The molecule has 164 valence electrons. The van der Waals surface area contributed by atoms with E-state index < -0.39 is 21.8 Å². The largest absolute Gasteiger partial charge is 0.349 e. The third-order valence-corrected chi connectivity index (χ3v) is 7.39. The first-order valence-corrected chi connectivity index (χ1v) is 11.7. The molecule has 7 nitrogen and oxygen atoms in total. The lowest BCUT2D eigenvalue weighted by molar-refractivity contribution is -0.120. The van der Waals surface area contributed by atoms with Crippen LogP contribution in [0.25, 0.3) is 0 Å². The van der Waals surface area contributed by atoms with E-state index >= 15 is 0 Å². The SMILES string of the molecule is O=C(NC1CC1)c1cccc(NC(=O)C2CCCN(S(=O)(=O)c3ccc(F)cc3)C2)c1. The number of hydrogen-bond acceptors (Lipinski definition) is 4. The highest BCUT2D eigenvalue weighted by Crippen LogP contribution is 2.25. The Morgan fingerprint density at radius 3 is 2.48 bits per heavy atom. The molecule has 0 radical (unpaired) electrons. The number of anilines is 1. The normalized spacial score (nSPS) is 19.6. The summed E-state index contributed by atoms with van der Waals surface area (Å²) in [5, 5.41) is 5.71. The molecular weight excluding hydrogens is 421 g/mol. The molecule has 9 heteroatoms. The Morgan fingerprint density at radius 2 is 1.77 bits per heavy atom. The van der Waals surface area contributed by atoms with Gasteiger partial charge in [0.05, 0.1) is 10.8 Å². The van der Waals surface area contributed by atoms with Crippen LogP contribution in [0, 0.1) is 11.7 Å². The van der Waals surface area contributed by atoms with Gasteiger partial charge in [0.2, 0.25) is 15.9 Å². The summed E-state index contributed by atoms with van der Waals surface area (Å²) in [5.74, 6) is -1.50. The van der Waals surface area contributed by atoms with Gasteiger partial charge in [-0.1, -0.05) is 6.07 Å². The summed E-state index contributed by atoms with van der Waals surface area (Å²) in [7, 11) is -3.81. The number of halogens is 1. The Labute approximate surface area is 180 Å². The third-order valence-electron chi connectivity index (χ3n) is 5.51. The second-order valence-corrected chi connectivity index (χ2v) is 9.91. The van der Waals surface area contributed by atoms with Gasteiger partial charge in [-0.05, 0) is 68.1 Å². The van der Waals surface area contributed by atoms with E-state index in [1.165, 1.54) is 16.4 Å². The van der Waals surface area contributed by atoms with Crippen LogP contribution in [0.15, 0.2) is 53.4 Å². The van der Waals surface area contributed by atoms with Crippen molar-refractivity contribution in [2.45, 2.75) is 36.6 Å². The van der Waals surface area contributed by atoms with Crippen LogP contribution in [-0.4, -0.2) is 43.7 Å². The van der Waals surface area contributed by atoms with Gasteiger partial charge in [0.25, 0.3) is 5.91 Å². The minimum absolute atomic E-state index is 0.00401. The molecule has 1 aliphatic carbocycles. The summed E-state index contributed by atoms with van der Waals surface area (Å²) in [6.07, 6.45) is 3.08. The van der Waals surface area contributed by atoms with Gasteiger partial charge in [0, 0.05) is 30.4 Å². The Kier molecular flexibility index (Phi) is 6.06. The maximum absolute atomic E-state index is 13.1. The van der Waals surface area contributed by atoms with Crippen LogP contribution in [0.1, 0.15) is 36.0 Å². The van der Waals surface area contributed by atoms with Gasteiger partial charge in [0.15, 0.2) is 0 Å². The number of carbonyl (C=O) groups excluding carboxylic acids is 2. The molecule has 2 N–H and O–H groups in total. The van der Waals surface area contributed by atoms with Crippen LogP contribution in [0.3, 0.4) is 0 Å². The number of nitrogens with one attached hydrogen (secondary N) is 2. The Balaban J connectivity index is 1.42. The van der Waals surface area contributed by atoms with E-state index in [-0.39, 0.29) is 29.3 Å². The molecule has 2 amide bonds. The molecule has 0 bridgehead atoms. The fraction of sp³-hybridized carbons (Fsp3) is 0.364. The molecule has 1 unspecified atom stereocenters. The summed E-state index contributed by atoms with van der Waals surface area (Å²) in [6.45, 7) is 0.355. The third kappa shape index (κ3) is 5.11. The smallest absolute Gasteiger partial charge is 0.251 e. The number of nitrogens with zero attached hydrogens (tertiary/aromatic N) is 1. The minimum Gasteiger partial charge on any atom is -0.349 e. The molecule has 4 rings (SSSR count). The van der Waals surface area contributed by atoms with Gasteiger partial charge in [-0.25, -0.2) is 12.8 Å². The molecule has 2 aromatic carbocycles. The van der Waals surface area contributed by atoms with Crippen molar-refractivity contribution in [1.82, 2.24) is 9.62 Å². The van der Waals surface area contributed by atoms with Crippen LogP contribution in [-0.2, 0) is 14.8 Å². The summed E-state index contributed by atoms with van der Waals surface area (Å²) >= 11 is 0. The van der Waals surface area contributed by atoms with Crippen molar-refractivity contribution in [3.63, 3.8) is 0 Å². The Morgan fingerprint density at radius 1 is 1.03 bits per heavy atom. The van der Waals surface area contributed by atoms with Crippen molar-refractivity contribution in [2.75, 3.05) is 18.4 Å². The van der Waals surface area contributed by atoms with Gasteiger partial charge in [0.1, 0.15) is 5.82 Å². The average Bonchev–Trinajstić information content (AvgIpc) is 3.58. The Hall–Kier alpha value is -2.78. The van der Waals surface area contributed by atoms with Crippen LogP contribution >= 0.6 is 0 Å². The highest BCUT2D eigenvalue weighted by Gasteiger charge is 2.33. The topological polar surface area (TPSA) is 95.6 Å². The zero-order chi connectivity index (χ0) is 22.0. The second kappa shape index (κ2) is 8.76. The first kappa shape index (κ1) is 21.5. The molecule has 2 fully saturated rings. The van der Waals surface area contributed by atoms with Crippen LogP contribution in [0.2, 0.25) is 0 Å². The van der Waals surface area contributed by atoms with Crippen molar-refractivity contribution in [3.05, 3.63) is 59.9 Å². The van der Waals surface area contributed by atoms with Gasteiger partial charge >= 0.3 is 0 Å². The average molecular weight is 446 g/mol. The van der Waals surface area contributed by atoms with E-state index in [1.54, 1.807) is 24.3 Å². The first-order chi connectivity index (χ1) is 14.8. The summed E-state index contributed by atoms with van der Waals surface area (Å²) < 4.78 is 40.2. The second-order valence-electron chi connectivity index (χ2n) is 7.97. The predicted molar refractivity (Wildman–Crippen MR) is 113 cm³/mol. The van der Waals surface area contributed by atoms with E-state index in [0.717, 1.165) is 25.0 Å². The Bertz CT molecular complexity index is 1080. The lowest BCUT2D eigenvalue weighted by Gasteiger charge is -2.31. The molecule has 0 aromatic heterocycles. The predicted octanol–water partition coefficient (Wildman–Crippen LogP) is 2.76. The summed E-state index contributed by atoms with van der Waals surface area (Å²) in [5.41, 5.74) is 0.959. The van der Waals surface area contributed by atoms with Gasteiger partial charge in [-0.15, -0.1) is 0 Å². The van der Waals surface area contributed by atoms with Gasteiger partial charge in [-0.3, -0.25) is 9.59 Å². The first-order valence-electron chi connectivity index (χ1n) is 10.3. The monoisotopic (exact) mass is 445 g/mol. The van der Waals surface area contributed by atoms with E-state index in [2.05, 4.69) is 10.6 Å². The number of hydrogen-bond donors (Lipinski definition) is 2. The van der Waals surface area contributed by atoms with E-state index in [4.69, 9.17) is 0 Å². The zero-order valence-corrected chi connectivity index (χ0v) is 17.7. The number of carbonyl (C=O) groups is 2. The van der Waals surface area contributed by atoms with Crippen LogP contribution in [0.4, 0.5) is 10.1 Å². The molecular formula is C22H24FN3O4S. The van der Waals surface area contributed by atoms with Crippen molar-refractivity contribution in [3.8, 4) is 0 Å². The molecule has 2 aromatic rings. The molecule has 1 saturated carbocycles. The number of amides is 2. The molecule has 1 saturated heterocycles. The summed E-state index contributed by atoms with van der Waals surface area (Å²) in [6, 6.07) is 11.6. The maximum Gasteiger partial charge on any atom is 0.251 e. The van der Waals surface area contributed by atoms with Crippen LogP contribution in [0.5, 0.6) is 0 Å². The molecule has 1 heterocycles. The quantitative estimate of drug-likeness (QED) is 0.715. The number of sulfonamides is 1. The van der Waals surface area contributed by atoms with Crippen molar-refractivity contribution < 1.29 is 22.4 Å². The molecule has 0 spiro atoms. The zero-order valence-electron chi connectivity index (χ0n) is 16.9. The molecule has 2 aliphatic rings. The highest BCUT2D eigenvalue weighted by atomic mass is 32.2. The van der Waals surface area contributed by atoms with Crippen LogP contribution < -0.4 is 10.6 Å². The number of piperidine rings is 1. The highest BCUT2D eigenvalue weighted by molar-refractivity contribution is 7.89. The van der Waals surface area contributed by atoms with E-state index in [1.807, 2.05) is 0 Å². The van der Waals surface area contributed by atoms with Crippen molar-refractivity contribution >= 4 is 27.5 Å². The minimum atomic E-state index is -3.81. The maximum atomic E-state index is 13.1. The molecule has 1 aliphatic heterocycles. The van der Waals surface area contributed by atoms with Gasteiger partial charge in [-0.2, -0.15) is 4.31 Å². The number of rotatable bonds is 6. The van der Waals surface area contributed by atoms with Gasteiger partial charge < -0.3 is 10.6 Å². The lowest BCUT2D eigenvalue weighted by atomic mass is 9.98. The van der Waals surface area contributed by atoms with Crippen molar-refractivity contribution in [1.29, 1.82) is 0 Å². The molecule has 31 heavy (non-hydrogen) atoms. The number of benzene rings is 2. The summed E-state index contributed by atoms with van der Waals surface area (Å²) in [4.78, 5) is 25.0. The van der Waals surface area contributed by atoms with E-state index in [9.17, 15) is 22.4 Å². The standard InChI is InChI=1S/C22H24FN3O4S/c23-17-6-10-20(11-7-17)31(29,30)26-12-2-4-16(14-26)22(28)25-19-5-1-3-15(13-19)21(27)24-18-8-9-18/h1,3,5-7,10-11,13,16,18H,2,4,8-9,12,14H2,(H,24,27)(H,25,28).